The fourth-order valence-electron chi connectivity index (χ4n) is 1.61. The lowest BCUT2D eigenvalue weighted by atomic mass is 10.1. The van der Waals surface area contributed by atoms with Crippen LogP contribution in [0.5, 0.6) is 0 Å². The van der Waals surface area contributed by atoms with Gasteiger partial charge in [-0.15, -0.1) is 0 Å². The minimum atomic E-state index is -0.540. The monoisotopic (exact) mass is 217 g/mol. The number of nitrogens with one attached hydrogen (secondary N) is 1. The lowest BCUT2D eigenvalue weighted by Gasteiger charge is -2.14. The molecule has 5 nitrogen and oxygen atoms in total. The molecule has 0 aromatic heterocycles. The number of amides is 1. The summed E-state index contributed by atoms with van der Waals surface area (Å²) in [5.74, 6) is -0.140. The number of hydrogen-bond donors (Lipinski definition) is 3. The lowest BCUT2D eigenvalue weighted by Crippen LogP contribution is -2.40. The van der Waals surface area contributed by atoms with Crippen molar-refractivity contribution in [1.82, 2.24) is 5.32 Å². The average molecular weight is 217 g/mol. The van der Waals surface area contributed by atoms with Gasteiger partial charge in [-0.3, -0.25) is 4.79 Å². The van der Waals surface area contributed by atoms with Gasteiger partial charge in [-0.1, -0.05) is 0 Å². The molecule has 5 heteroatoms. The number of aliphatic hydroxyl groups is 2. The maximum atomic E-state index is 11.3. The number of rotatable bonds is 6. The third kappa shape index (κ3) is 4.59. The summed E-state index contributed by atoms with van der Waals surface area (Å²) < 4.78 is 5.38. The Kier molecular flexibility index (Phi) is 5.60. The number of carbonyl (C=O) groups excluding carboxylic acids is 1. The Morgan fingerprint density at radius 2 is 2.20 bits per heavy atom. The van der Waals surface area contributed by atoms with Crippen molar-refractivity contribution in [2.75, 3.05) is 19.8 Å². The fraction of sp³-hybridized carbons (Fsp3) is 0.900. The van der Waals surface area contributed by atoms with E-state index in [1.54, 1.807) is 0 Å². The highest BCUT2D eigenvalue weighted by atomic mass is 16.5. The molecule has 0 aliphatic carbocycles. The van der Waals surface area contributed by atoms with Crippen molar-refractivity contribution in [1.29, 1.82) is 0 Å². The molecule has 1 amide bonds. The van der Waals surface area contributed by atoms with Crippen LogP contribution >= 0.6 is 0 Å². The van der Waals surface area contributed by atoms with Crippen LogP contribution in [0, 0.1) is 0 Å². The largest absolute Gasteiger partial charge is 0.394 e. The maximum Gasteiger partial charge on any atom is 0.220 e. The molecule has 0 radical (unpaired) electrons. The lowest BCUT2D eigenvalue weighted by molar-refractivity contribution is -0.123. The summed E-state index contributed by atoms with van der Waals surface area (Å²) in [4.78, 5) is 11.3. The molecule has 1 fully saturated rings. The van der Waals surface area contributed by atoms with Crippen molar-refractivity contribution >= 4 is 5.91 Å². The minimum Gasteiger partial charge on any atom is -0.394 e. The Hall–Kier alpha value is -0.650. The van der Waals surface area contributed by atoms with Gasteiger partial charge in [-0.05, 0) is 19.3 Å². The van der Waals surface area contributed by atoms with E-state index in [-0.39, 0.29) is 25.2 Å². The van der Waals surface area contributed by atoms with Crippen LogP contribution in [0.4, 0.5) is 0 Å². The van der Waals surface area contributed by atoms with Crippen molar-refractivity contribution in [3.05, 3.63) is 0 Å². The topological polar surface area (TPSA) is 78.8 Å². The Morgan fingerprint density at radius 3 is 2.73 bits per heavy atom. The molecule has 15 heavy (non-hydrogen) atoms. The summed E-state index contributed by atoms with van der Waals surface area (Å²) in [6, 6.07) is -0.540. The minimum absolute atomic E-state index is 0.140. The van der Waals surface area contributed by atoms with Crippen LogP contribution in [-0.2, 0) is 9.53 Å². The van der Waals surface area contributed by atoms with Gasteiger partial charge in [-0.2, -0.15) is 0 Å². The fourth-order valence-corrected chi connectivity index (χ4v) is 1.61. The van der Waals surface area contributed by atoms with Gasteiger partial charge >= 0.3 is 0 Å². The van der Waals surface area contributed by atoms with E-state index in [0.717, 1.165) is 25.9 Å². The summed E-state index contributed by atoms with van der Waals surface area (Å²) >= 11 is 0. The second-order valence-electron chi connectivity index (χ2n) is 3.80. The number of ether oxygens (including phenoxy) is 1. The summed E-state index contributed by atoms with van der Waals surface area (Å²) in [5.41, 5.74) is 0. The second kappa shape index (κ2) is 6.76. The van der Waals surface area contributed by atoms with Gasteiger partial charge in [0, 0.05) is 13.0 Å². The molecule has 1 unspecified atom stereocenters. The Morgan fingerprint density at radius 1 is 1.47 bits per heavy atom. The molecule has 0 spiro atoms. The maximum absolute atomic E-state index is 11.3. The van der Waals surface area contributed by atoms with Gasteiger partial charge in [0.25, 0.3) is 0 Å². The molecule has 1 heterocycles. The molecule has 1 aliphatic rings. The SMILES string of the molecule is O=C(CCC1CCCO1)NC(CO)CO. The Bertz CT molecular complexity index is 188. The zero-order valence-corrected chi connectivity index (χ0v) is 8.82. The highest BCUT2D eigenvalue weighted by Gasteiger charge is 2.17. The Labute approximate surface area is 89.4 Å². The van der Waals surface area contributed by atoms with Crippen molar-refractivity contribution < 1.29 is 19.7 Å². The first-order chi connectivity index (χ1) is 7.26. The summed E-state index contributed by atoms with van der Waals surface area (Å²) in [7, 11) is 0. The summed E-state index contributed by atoms with van der Waals surface area (Å²) in [6.45, 7) is 0.326. The van der Waals surface area contributed by atoms with Gasteiger partial charge in [0.15, 0.2) is 0 Å². The molecule has 1 aliphatic heterocycles. The molecule has 0 aromatic rings. The van der Waals surface area contributed by atoms with E-state index >= 15 is 0 Å². The van der Waals surface area contributed by atoms with E-state index < -0.39 is 6.04 Å². The third-order valence-electron chi connectivity index (χ3n) is 2.52. The van der Waals surface area contributed by atoms with E-state index in [9.17, 15) is 4.79 Å². The number of carbonyl (C=O) groups is 1. The van der Waals surface area contributed by atoms with Crippen molar-refractivity contribution in [2.45, 2.75) is 37.8 Å². The zero-order valence-electron chi connectivity index (χ0n) is 8.82. The number of hydrogen-bond acceptors (Lipinski definition) is 4. The summed E-state index contributed by atoms with van der Waals surface area (Å²) in [6.07, 6.45) is 3.41. The predicted molar refractivity (Wildman–Crippen MR) is 54.3 cm³/mol. The molecule has 88 valence electrons. The van der Waals surface area contributed by atoms with Crippen molar-refractivity contribution in [2.24, 2.45) is 0 Å². The quantitative estimate of drug-likeness (QED) is 0.556. The van der Waals surface area contributed by atoms with Crippen LogP contribution in [0.25, 0.3) is 0 Å². The molecule has 0 aromatic carbocycles. The normalized spacial score (nSPS) is 20.9. The summed E-state index contributed by atoms with van der Waals surface area (Å²) in [5, 5.41) is 20.1. The molecule has 1 saturated heterocycles. The zero-order chi connectivity index (χ0) is 11.1. The van der Waals surface area contributed by atoms with Crippen LogP contribution in [-0.4, -0.2) is 48.1 Å². The standard InChI is InChI=1S/C10H19NO4/c12-6-8(7-13)11-10(14)4-3-9-2-1-5-15-9/h8-9,12-13H,1-7H2,(H,11,14). The van der Waals surface area contributed by atoms with Crippen LogP contribution in [0.2, 0.25) is 0 Å². The number of aliphatic hydroxyl groups excluding tert-OH is 2. The van der Waals surface area contributed by atoms with Crippen molar-refractivity contribution in [3.8, 4) is 0 Å². The van der Waals surface area contributed by atoms with Gasteiger partial charge in [0.1, 0.15) is 0 Å². The van der Waals surface area contributed by atoms with Gasteiger partial charge in [-0.25, -0.2) is 0 Å². The predicted octanol–water partition coefficient (Wildman–Crippen LogP) is -0.585. The van der Waals surface area contributed by atoms with E-state index in [2.05, 4.69) is 5.32 Å². The van der Waals surface area contributed by atoms with E-state index in [1.807, 2.05) is 0 Å². The average Bonchev–Trinajstić information content (AvgIpc) is 2.75. The van der Waals surface area contributed by atoms with Crippen molar-refractivity contribution in [3.63, 3.8) is 0 Å². The molecular weight excluding hydrogens is 198 g/mol. The van der Waals surface area contributed by atoms with E-state index in [1.165, 1.54) is 0 Å². The first-order valence-electron chi connectivity index (χ1n) is 5.39. The first kappa shape index (κ1) is 12.4. The first-order valence-corrected chi connectivity index (χ1v) is 5.39. The molecule has 1 atom stereocenters. The van der Waals surface area contributed by atoms with Crippen LogP contribution < -0.4 is 5.32 Å². The van der Waals surface area contributed by atoms with Gasteiger partial charge in [0.05, 0.1) is 25.4 Å². The Balaban J connectivity index is 2.11. The molecule has 0 saturated carbocycles. The smallest absolute Gasteiger partial charge is 0.220 e. The highest BCUT2D eigenvalue weighted by molar-refractivity contribution is 5.76. The second-order valence-corrected chi connectivity index (χ2v) is 3.80. The highest BCUT2D eigenvalue weighted by Crippen LogP contribution is 2.16. The molecule has 0 bridgehead atoms. The van der Waals surface area contributed by atoms with Crippen LogP contribution in [0.3, 0.4) is 0 Å². The third-order valence-corrected chi connectivity index (χ3v) is 2.52. The van der Waals surface area contributed by atoms with Gasteiger partial charge < -0.3 is 20.3 Å². The van der Waals surface area contributed by atoms with Crippen LogP contribution in [0.15, 0.2) is 0 Å². The molecule has 1 rings (SSSR count). The molecular formula is C10H19NO4. The van der Waals surface area contributed by atoms with E-state index in [4.69, 9.17) is 14.9 Å². The van der Waals surface area contributed by atoms with Crippen LogP contribution in [0.1, 0.15) is 25.7 Å². The van der Waals surface area contributed by atoms with Gasteiger partial charge in [0.2, 0.25) is 5.91 Å². The molecule has 3 N–H and O–H groups in total. The van der Waals surface area contributed by atoms with E-state index in [0.29, 0.717) is 6.42 Å².